The van der Waals surface area contributed by atoms with Gasteiger partial charge in [0.2, 0.25) is 11.9 Å². The number of carbonyl (C=O) groups excluding carboxylic acids is 2. The summed E-state index contributed by atoms with van der Waals surface area (Å²) in [4.78, 5) is 28.5. The van der Waals surface area contributed by atoms with Crippen molar-refractivity contribution in [1.82, 2.24) is 14.8 Å². The third kappa shape index (κ3) is 4.75. The fraction of sp³-hybridized carbons (Fsp3) is 0.273. The molecule has 1 aromatic heterocycles. The quantitative estimate of drug-likeness (QED) is 0.513. The molecule has 0 fully saturated rings. The van der Waals surface area contributed by atoms with Gasteiger partial charge in [0.1, 0.15) is 6.33 Å². The van der Waals surface area contributed by atoms with Gasteiger partial charge < -0.3 is 14.8 Å². The molecule has 2 N–H and O–H groups in total. The number of nitrogens with zero attached hydrogens (tertiary/aromatic N) is 3. The van der Waals surface area contributed by atoms with Gasteiger partial charge in [-0.2, -0.15) is 10.1 Å². The lowest BCUT2D eigenvalue weighted by Crippen LogP contribution is -2.29. The highest BCUT2D eigenvalue weighted by Gasteiger charge is 2.28. The maximum absolute atomic E-state index is 12.4. The molecule has 0 saturated heterocycles. The Bertz CT molecular complexity index is 1160. The third-order valence-electron chi connectivity index (χ3n) is 4.95. The summed E-state index contributed by atoms with van der Waals surface area (Å²) in [5.41, 5.74) is 2.54. The van der Waals surface area contributed by atoms with Crippen LogP contribution >= 0.6 is 15.9 Å². The molecule has 0 aliphatic carbocycles. The molecule has 2 amide bonds. The maximum Gasteiger partial charge on any atom is 0.262 e. The molecule has 0 bridgehead atoms. The van der Waals surface area contributed by atoms with Crippen molar-refractivity contribution in [3.8, 4) is 11.5 Å². The summed E-state index contributed by atoms with van der Waals surface area (Å²) < 4.78 is 14.1. The minimum Gasteiger partial charge on any atom is -0.490 e. The summed E-state index contributed by atoms with van der Waals surface area (Å²) in [5, 5.41) is 9.74. The highest BCUT2D eigenvalue weighted by atomic mass is 79.9. The van der Waals surface area contributed by atoms with Gasteiger partial charge >= 0.3 is 0 Å². The van der Waals surface area contributed by atoms with Crippen LogP contribution in [-0.4, -0.2) is 39.8 Å². The standard InChI is InChI=1S/C22H22BrN5O4/c1-3-31-19-9-14(17-10-20(29)27-22-24-12-25-28(17)22)4-7-18(19)32-11-21(30)26-15-5-6-16(23)13(2)8-15/h4-9,12,17H,3,10-11H2,1-2H3,(H,26,30)(H,24,25,27,29)/t17-/m1/s1. The monoisotopic (exact) mass is 499 g/mol. The van der Waals surface area contributed by atoms with Gasteiger partial charge in [-0.3, -0.25) is 14.9 Å². The van der Waals surface area contributed by atoms with Crippen LogP contribution in [0, 0.1) is 6.92 Å². The highest BCUT2D eigenvalue weighted by Crippen LogP contribution is 2.35. The topological polar surface area (TPSA) is 107 Å². The van der Waals surface area contributed by atoms with Crippen LogP contribution in [0.4, 0.5) is 11.6 Å². The van der Waals surface area contributed by atoms with E-state index in [4.69, 9.17) is 9.47 Å². The molecule has 4 rings (SSSR count). The van der Waals surface area contributed by atoms with E-state index >= 15 is 0 Å². The summed E-state index contributed by atoms with van der Waals surface area (Å²) in [7, 11) is 0. The molecular formula is C22H22BrN5O4. The Morgan fingerprint density at radius 1 is 1.25 bits per heavy atom. The second-order valence-electron chi connectivity index (χ2n) is 7.24. The minimum absolute atomic E-state index is 0.131. The molecule has 10 heteroatoms. The van der Waals surface area contributed by atoms with Crippen LogP contribution < -0.4 is 20.1 Å². The average Bonchev–Trinajstić information content (AvgIpc) is 3.23. The number of aromatic nitrogens is 3. The molecule has 1 aliphatic heterocycles. The summed E-state index contributed by atoms with van der Waals surface area (Å²) in [5.74, 6) is 0.925. The van der Waals surface area contributed by atoms with E-state index in [2.05, 4.69) is 36.6 Å². The second kappa shape index (κ2) is 9.39. The first-order valence-corrected chi connectivity index (χ1v) is 10.9. The van der Waals surface area contributed by atoms with Crippen LogP contribution in [0.1, 0.15) is 30.5 Å². The number of hydrogen-bond acceptors (Lipinski definition) is 6. The van der Waals surface area contributed by atoms with Crippen LogP contribution in [-0.2, 0) is 9.59 Å². The van der Waals surface area contributed by atoms with Crippen LogP contribution in [0.2, 0.25) is 0 Å². The van der Waals surface area contributed by atoms with Crippen molar-refractivity contribution in [3.63, 3.8) is 0 Å². The number of benzene rings is 2. The number of rotatable bonds is 7. The summed E-state index contributed by atoms with van der Waals surface area (Å²) in [6, 6.07) is 10.6. The van der Waals surface area contributed by atoms with Gasteiger partial charge in [-0.15, -0.1) is 0 Å². The number of carbonyl (C=O) groups is 2. The molecule has 1 aliphatic rings. The van der Waals surface area contributed by atoms with Gasteiger partial charge in [-0.25, -0.2) is 4.68 Å². The lowest BCUT2D eigenvalue weighted by molar-refractivity contribution is -0.118. The molecule has 0 saturated carbocycles. The Balaban J connectivity index is 1.48. The van der Waals surface area contributed by atoms with Gasteiger partial charge in [0.25, 0.3) is 5.91 Å². The van der Waals surface area contributed by atoms with E-state index in [9.17, 15) is 9.59 Å². The van der Waals surface area contributed by atoms with Gasteiger partial charge in [0.15, 0.2) is 18.1 Å². The van der Waals surface area contributed by atoms with E-state index in [0.29, 0.717) is 29.7 Å². The maximum atomic E-state index is 12.4. The van der Waals surface area contributed by atoms with Crippen molar-refractivity contribution in [1.29, 1.82) is 0 Å². The largest absolute Gasteiger partial charge is 0.490 e. The number of anilines is 2. The van der Waals surface area contributed by atoms with Crippen LogP contribution in [0.15, 0.2) is 47.2 Å². The van der Waals surface area contributed by atoms with Crippen molar-refractivity contribution in [2.24, 2.45) is 0 Å². The molecule has 166 valence electrons. The molecule has 0 unspecified atom stereocenters. The van der Waals surface area contributed by atoms with Gasteiger partial charge in [0, 0.05) is 10.2 Å². The number of fused-ring (bicyclic) bond motifs is 1. The van der Waals surface area contributed by atoms with E-state index in [1.54, 1.807) is 10.7 Å². The molecule has 3 aromatic rings. The van der Waals surface area contributed by atoms with Gasteiger partial charge in [-0.1, -0.05) is 22.0 Å². The number of hydrogen-bond donors (Lipinski definition) is 2. The normalized spacial score (nSPS) is 15.0. The van der Waals surface area contributed by atoms with Crippen LogP contribution in [0.5, 0.6) is 11.5 Å². The summed E-state index contributed by atoms with van der Waals surface area (Å²) in [6.45, 7) is 4.06. The van der Waals surface area contributed by atoms with Gasteiger partial charge in [-0.05, 0) is 55.3 Å². The van der Waals surface area contributed by atoms with Crippen molar-refractivity contribution < 1.29 is 19.1 Å². The molecule has 0 radical (unpaired) electrons. The van der Waals surface area contributed by atoms with E-state index < -0.39 is 0 Å². The zero-order valence-corrected chi connectivity index (χ0v) is 19.2. The molecule has 32 heavy (non-hydrogen) atoms. The van der Waals surface area contributed by atoms with Crippen LogP contribution in [0.25, 0.3) is 0 Å². The van der Waals surface area contributed by atoms with Crippen molar-refractivity contribution in [2.45, 2.75) is 26.3 Å². The van der Waals surface area contributed by atoms with Crippen molar-refractivity contribution >= 4 is 39.4 Å². The molecule has 1 atom stereocenters. The Morgan fingerprint density at radius 3 is 2.88 bits per heavy atom. The molecule has 2 aromatic carbocycles. The van der Waals surface area contributed by atoms with Crippen LogP contribution in [0.3, 0.4) is 0 Å². The second-order valence-corrected chi connectivity index (χ2v) is 8.09. The number of ether oxygens (including phenoxy) is 2. The van der Waals surface area contributed by atoms with E-state index in [-0.39, 0.29) is 30.9 Å². The predicted molar refractivity (Wildman–Crippen MR) is 122 cm³/mol. The molecule has 2 heterocycles. The summed E-state index contributed by atoms with van der Waals surface area (Å²) in [6.07, 6.45) is 1.64. The van der Waals surface area contributed by atoms with Crippen molar-refractivity contribution in [2.75, 3.05) is 23.8 Å². The Labute approximate surface area is 193 Å². The fourth-order valence-electron chi connectivity index (χ4n) is 3.45. The first-order valence-electron chi connectivity index (χ1n) is 10.1. The van der Waals surface area contributed by atoms with Gasteiger partial charge in [0.05, 0.1) is 19.1 Å². The highest BCUT2D eigenvalue weighted by molar-refractivity contribution is 9.10. The first-order chi connectivity index (χ1) is 15.4. The zero-order chi connectivity index (χ0) is 22.7. The Morgan fingerprint density at radius 2 is 2.09 bits per heavy atom. The van der Waals surface area contributed by atoms with E-state index in [1.165, 1.54) is 6.33 Å². The number of halogens is 1. The fourth-order valence-corrected chi connectivity index (χ4v) is 3.69. The SMILES string of the molecule is CCOc1cc([C@H]2CC(=O)Nc3ncnn32)ccc1OCC(=O)Nc1ccc(Br)c(C)c1. The average molecular weight is 500 g/mol. The molecule has 9 nitrogen and oxygen atoms in total. The zero-order valence-electron chi connectivity index (χ0n) is 17.6. The Hall–Kier alpha value is -3.40. The van der Waals surface area contributed by atoms with Crippen molar-refractivity contribution in [3.05, 3.63) is 58.3 Å². The number of amides is 2. The Kier molecular flexibility index (Phi) is 6.40. The first kappa shape index (κ1) is 21.8. The van der Waals surface area contributed by atoms with E-state index in [1.807, 2.05) is 44.2 Å². The predicted octanol–water partition coefficient (Wildman–Crippen LogP) is 3.70. The minimum atomic E-state index is -0.307. The lowest BCUT2D eigenvalue weighted by Gasteiger charge is -2.24. The lowest BCUT2D eigenvalue weighted by atomic mass is 10.0. The molecular weight excluding hydrogens is 478 g/mol. The smallest absolute Gasteiger partial charge is 0.262 e. The molecule has 0 spiro atoms. The van der Waals surface area contributed by atoms with E-state index in [0.717, 1.165) is 15.6 Å². The number of aryl methyl sites for hydroxylation is 1. The third-order valence-corrected chi connectivity index (χ3v) is 5.84. The number of nitrogens with one attached hydrogen (secondary N) is 2. The summed E-state index contributed by atoms with van der Waals surface area (Å²) >= 11 is 3.44.